The molecule has 0 aromatic rings. The van der Waals surface area contributed by atoms with Gasteiger partial charge in [0.2, 0.25) is 0 Å². The molecular weight excluding hydrogens is 206 g/mol. The van der Waals surface area contributed by atoms with E-state index in [9.17, 15) is 15.0 Å². The van der Waals surface area contributed by atoms with Crippen LogP contribution in [-0.2, 0) is 4.79 Å². The standard InChI is InChI=1S/C12H23NO3/c1-8(2)11(15)10-5-12(16,7-14)6-13(10)9(3)4/h8-10,14,16H,5-7H2,1-4H3/t10-,12?/m0/s1. The number of β-amino-alcohol motifs (C(OH)–C–C–N with tert-alkyl or cyclic N) is 1. The van der Waals surface area contributed by atoms with Crippen molar-refractivity contribution in [3.8, 4) is 0 Å². The van der Waals surface area contributed by atoms with E-state index in [1.807, 2.05) is 32.6 Å². The molecule has 0 radical (unpaired) electrons. The highest BCUT2D eigenvalue weighted by atomic mass is 16.3. The molecule has 16 heavy (non-hydrogen) atoms. The summed E-state index contributed by atoms with van der Waals surface area (Å²) in [6.07, 6.45) is 0.346. The van der Waals surface area contributed by atoms with Crippen LogP contribution >= 0.6 is 0 Å². The summed E-state index contributed by atoms with van der Waals surface area (Å²) in [7, 11) is 0. The average Bonchev–Trinajstić information content (AvgIpc) is 2.56. The van der Waals surface area contributed by atoms with Gasteiger partial charge < -0.3 is 10.2 Å². The summed E-state index contributed by atoms with van der Waals surface area (Å²) in [5.74, 6) is 0.116. The van der Waals surface area contributed by atoms with Crippen LogP contribution in [0.2, 0.25) is 0 Å². The van der Waals surface area contributed by atoms with Crippen molar-refractivity contribution in [1.29, 1.82) is 0 Å². The topological polar surface area (TPSA) is 60.8 Å². The van der Waals surface area contributed by atoms with Gasteiger partial charge in [-0.15, -0.1) is 0 Å². The Morgan fingerprint density at radius 3 is 2.38 bits per heavy atom. The van der Waals surface area contributed by atoms with Crippen molar-refractivity contribution in [3.05, 3.63) is 0 Å². The molecule has 0 bridgehead atoms. The number of Topliss-reactive ketones (excluding diaryl/α,β-unsaturated/α-hetero) is 1. The van der Waals surface area contributed by atoms with Crippen molar-refractivity contribution in [1.82, 2.24) is 4.90 Å². The first kappa shape index (κ1) is 13.6. The lowest BCUT2D eigenvalue weighted by molar-refractivity contribution is -0.127. The molecule has 1 rings (SSSR count). The number of hydrogen-bond donors (Lipinski definition) is 2. The molecule has 2 N–H and O–H groups in total. The molecule has 94 valence electrons. The number of aliphatic hydroxyl groups is 2. The number of hydrogen-bond acceptors (Lipinski definition) is 4. The molecule has 1 unspecified atom stereocenters. The van der Waals surface area contributed by atoms with Gasteiger partial charge in [0, 0.05) is 24.9 Å². The second kappa shape index (κ2) is 4.82. The highest BCUT2D eigenvalue weighted by Crippen LogP contribution is 2.30. The predicted molar refractivity (Wildman–Crippen MR) is 62.1 cm³/mol. The fourth-order valence-corrected chi connectivity index (χ4v) is 2.30. The van der Waals surface area contributed by atoms with E-state index in [2.05, 4.69) is 0 Å². The fourth-order valence-electron chi connectivity index (χ4n) is 2.30. The molecule has 0 amide bonds. The first-order chi connectivity index (χ1) is 7.30. The molecule has 0 aromatic heterocycles. The molecule has 1 heterocycles. The number of carbonyl (C=O) groups excluding carboxylic acids is 1. The highest BCUT2D eigenvalue weighted by Gasteiger charge is 2.46. The van der Waals surface area contributed by atoms with Crippen molar-refractivity contribution in [2.45, 2.75) is 51.8 Å². The van der Waals surface area contributed by atoms with Gasteiger partial charge in [0.1, 0.15) is 5.60 Å². The Bertz CT molecular complexity index is 265. The molecule has 0 saturated carbocycles. The third-order valence-electron chi connectivity index (χ3n) is 3.31. The Labute approximate surface area is 97.3 Å². The molecule has 0 aliphatic carbocycles. The van der Waals surface area contributed by atoms with Crippen LogP contribution in [0.1, 0.15) is 34.1 Å². The molecular formula is C12H23NO3. The number of nitrogens with zero attached hydrogens (tertiary/aromatic N) is 1. The minimum absolute atomic E-state index is 0.0349. The van der Waals surface area contributed by atoms with E-state index in [0.717, 1.165) is 0 Å². The Morgan fingerprint density at radius 2 is 2.00 bits per heavy atom. The maximum atomic E-state index is 12.0. The summed E-state index contributed by atoms with van der Waals surface area (Å²) in [6.45, 7) is 7.85. The lowest BCUT2D eigenvalue weighted by atomic mass is 9.94. The summed E-state index contributed by atoms with van der Waals surface area (Å²) < 4.78 is 0. The maximum absolute atomic E-state index is 12.0. The van der Waals surface area contributed by atoms with Crippen LogP contribution in [0.3, 0.4) is 0 Å². The van der Waals surface area contributed by atoms with Crippen LogP contribution in [0.5, 0.6) is 0 Å². The van der Waals surface area contributed by atoms with Crippen LogP contribution in [0, 0.1) is 5.92 Å². The van der Waals surface area contributed by atoms with Gasteiger partial charge in [0.25, 0.3) is 0 Å². The number of rotatable bonds is 4. The smallest absolute Gasteiger partial charge is 0.152 e. The second-order valence-electron chi connectivity index (χ2n) is 5.43. The molecule has 4 nitrogen and oxygen atoms in total. The van der Waals surface area contributed by atoms with Gasteiger partial charge in [-0.3, -0.25) is 9.69 Å². The van der Waals surface area contributed by atoms with E-state index in [1.54, 1.807) is 0 Å². The highest BCUT2D eigenvalue weighted by molar-refractivity contribution is 5.86. The first-order valence-corrected chi connectivity index (χ1v) is 5.93. The summed E-state index contributed by atoms with van der Waals surface area (Å²) in [6, 6.07) is -0.0505. The van der Waals surface area contributed by atoms with Gasteiger partial charge in [0.15, 0.2) is 5.78 Å². The van der Waals surface area contributed by atoms with Gasteiger partial charge in [-0.2, -0.15) is 0 Å². The van der Waals surface area contributed by atoms with Crippen LogP contribution in [0.25, 0.3) is 0 Å². The molecule has 4 heteroatoms. The zero-order valence-electron chi connectivity index (χ0n) is 10.6. The number of likely N-dealkylation sites (tertiary alicyclic amines) is 1. The SMILES string of the molecule is CC(C)C(=O)[C@@H]1CC(O)(CO)CN1C(C)C. The van der Waals surface area contributed by atoms with Gasteiger partial charge in [-0.1, -0.05) is 13.8 Å². The van der Waals surface area contributed by atoms with E-state index < -0.39 is 5.60 Å². The molecule has 1 aliphatic heterocycles. The van der Waals surface area contributed by atoms with Gasteiger partial charge >= 0.3 is 0 Å². The quantitative estimate of drug-likeness (QED) is 0.733. The monoisotopic (exact) mass is 229 g/mol. The minimum Gasteiger partial charge on any atom is -0.393 e. The Balaban J connectivity index is 2.86. The Morgan fingerprint density at radius 1 is 1.44 bits per heavy atom. The third kappa shape index (κ3) is 2.62. The Kier molecular flexibility index (Phi) is 4.10. The van der Waals surface area contributed by atoms with Crippen LogP contribution in [0.15, 0.2) is 0 Å². The molecule has 2 atom stereocenters. The number of carbonyl (C=O) groups is 1. The summed E-state index contributed by atoms with van der Waals surface area (Å²) >= 11 is 0. The number of ketones is 1. The van der Waals surface area contributed by atoms with E-state index in [0.29, 0.717) is 13.0 Å². The molecule has 1 aliphatic rings. The average molecular weight is 229 g/mol. The van der Waals surface area contributed by atoms with Gasteiger partial charge in [-0.05, 0) is 13.8 Å². The lowest BCUT2D eigenvalue weighted by Gasteiger charge is -2.28. The van der Waals surface area contributed by atoms with Crippen molar-refractivity contribution < 1.29 is 15.0 Å². The first-order valence-electron chi connectivity index (χ1n) is 5.93. The van der Waals surface area contributed by atoms with Crippen molar-refractivity contribution in [2.75, 3.05) is 13.2 Å². The van der Waals surface area contributed by atoms with E-state index in [1.165, 1.54) is 0 Å². The molecule has 0 spiro atoms. The third-order valence-corrected chi connectivity index (χ3v) is 3.31. The summed E-state index contributed by atoms with van der Waals surface area (Å²) in [5, 5.41) is 19.3. The van der Waals surface area contributed by atoms with Crippen molar-refractivity contribution in [2.24, 2.45) is 5.92 Å². The molecule has 1 fully saturated rings. The predicted octanol–water partition coefficient (Wildman–Crippen LogP) is 0.418. The summed E-state index contributed by atoms with van der Waals surface area (Å²) in [4.78, 5) is 14.0. The lowest BCUT2D eigenvalue weighted by Crippen LogP contribution is -2.43. The zero-order valence-corrected chi connectivity index (χ0v) is 10.6. The van der Waals surface area contributed by atoms with Crippen molar-refractivity contribution >= 4 is 5.78 Å². The van der Waals surface area contributed by atoms with Gasteiger partial charge in [-0.25, -0.2) is 0 Å². The zero-order chi connectivity index (χ0) is 12.5. The van der Waals surface area contributed by atoms with Crippen LogP contribution < -0.4 is 0 Å². The van der Waals surface area contributed by atoms with E-state index >= 15 is 0 Å². The van der Waals surface area contributed by atoms with Crippen LogP contribution in [0.4, 0.5) is 0 Å². The van der Waals surface area contributed by atoms with Crippen molar-refractivity contribution in [3.63, 3.8) is 0 Å². The summed E-state index contributed by atoms with van der Waals surface area (Å²) in [5.41, 5.74) is -1.11. The second-order valence-corrected chi connectivity index (χ2v) is 5.43. The normalized spacial score (nSPS) is 31.6. The Hall–Kier alpha value is -0.450. The van der Waals surface area contributed by atoms with E-state index in [-0.39, 0.29) is 30.4 Å². The largest absolute Gasteiger partial charge is 0.393 e. The van der Waals surface area contributed by atoms with E-state index in [4.69, 9.17) is 0 Å². The van der Waals surface area contributed by atoms with Crippen LogP contribution in [-0.4, -0.2) is 51.7 Å². The maximum Gasteiger partial charge on any atom is 0.152 e. The molecule has 1 saturated heterocycles. The molecule has 0 aromatic carbocycles. The van der Waals surface area contributed by atoms with Gasteiger partial charge in [0.05, 0.1) is 12.6 Å². The number of aliphatic hydroxyl groups excluding tert-OH is 1. The minimum atomic E-state index is -1.11. The fraction of sp³-hybridized carbons (Fsp3) is 0.917.